The molecule has 1 heterocycles. The van der Waals surface area contributed by atoms with Gasteiger partial charge in [-0.25, -0.2) is 0 Å². The van der Waals surface area contributed by atoms with Gasteiger partial charge in [0, 0.05) is 23.4 Å². The van der Waals surface area contributed by atoms with Gasteiger partial charge in [-0.15, -0.1) is 11.3 Å². The van der Waals surface area contributed by atoms with E-state index < -0.39 is 0 Å². The van der Waals surface area contributed by atoms with Crippen LogP contribution < -0.4 is 5.32 Å². The van der Waals surface area contributed by atoms with Gasteiger partial charge in [-0.05, 0) is 11.4 Å². The number of ketones is 1. The van der Waals surface area contributed by atoms with Crippen molar-refractivity contribution < 1.29 is 4.79 Å². The fourth-order valence-electron chi connectivity index (χ4n) is 1.59. The summed E-state index contributed by atoms with van der Waals surface area (Å²) < 4.78 is 0. The molecule has 0 aliphatic heterocycles. The smallest absolute Gasteiger partial charge is 0.144 e. The Labute approximate surface area is 102 Å². The van der Waals surface area contributed by atoms with Crippen molar-refractivity contribution in [2.45, 2.75) is 39.7 Å². The first-order valence-corrected chi connectivity index (χ1v) is 6.70. The van der Waals surface area contributed by atoms with Gasteiger partial charge in [0.05, 0.1) is 5.92 Å². The summed E-state index contributed by atoms with van der Waals surface area (Å²) in [5.74, 6) is 0.444. The Morgan fingerprint density at radius 3 is 2.50 bits per heavy atom. The lowest BCUT2D eigenvalue weighted by Crippen LogP contribution is -2.32. The highest BCUT2D eigenvalue weighted by atomic mass is 32.1. The van der Waals surface area contributed by atoms with E-state index in [9.17, 15) is 4.79 Å². The van der Waals surface area contributed by atoms with Gasteiger partial charge in [0.2, 0.25) is 0 Å². The lowest BCUT2D eigenvalue weighted by Gasteiger charge is -2.18. The molecular formula is C13H21NOS. The third kappa shape index (κ3) is 3.72. The van der Waals surface area contributed by atoms with Crippen LogP contribution in [0.4, 0.5) is 0 Å². The molecule has 0 bridgehead atoms. The molecule has 3 heteroatoms. The van der Waals surface area contributed by atoms with Gasteiger partial charge >= 0.3 is 0 Å². The summed E-state index contributed by atoms with van der Waals surface area (Å²) in [6, 6.07) is 4.48. The Morgan fingerprint density at radius 2 is 2.06 bits per heavy atom. The summed E-state index contributed by atoms with van der Waals surface area (Å²) in [6.07, 6.45) is 0. The van der Waals surface area contributed by atoms with Gasteiger partial charge in [0.15, 0.2) is 0 Å². The second-order valence-corrected chi connectivity index (χ2v) is 5.67. The van der Waals surface area contributed by atoms with E-state index in [0.717, 1.165) is 6.54 Å². The van der Waals surface area contributed by atoms with Gasteiger partial charge in [0.1, 0.15) is 5.78 Å². The van der Waals surface area contributed by atoms with Gasteiger partial charge in [-0.3, -0.25) is 4.79 Å². The first-order valence-electron chi connectivity index (χ1n) is 5.83. The lowest BCUT2D eigenvalue weighted by molar-refractivity contribution is -0.123. The Balaban J connectivity index is 2.74. The molecule has 1 atom stereocenters. The Morgan fingerprint density at radius 1 is 1.38 bits per heavy atom. The third-order valence-corrected chi connectivity index (χ3v) is 3.52. The van der Waals surface area contributed by atoms with E-state index in [1.165, 1.54) is 4.88 Å². The average Bonchev–Trinajstić information content (AvgIpc) is 2.70. The SMILES string of the molecule is CC(C)NC[C@@H](C(=O)C(C)C)c1cccs1. The molecule has 1 aromatic heterocycles. The van der Waals surface area contributed by atoms with Gasteiger partial charge in [-0.1, -0.05) is 33.8 Å². The van der Waals surface area contributed by atoms with Gasteiger partial charge in [-0.2, -0.15) is 0 Å². The van der Waals surface area contributed by atoms with E-state index in [1.54, 1.807) is 11.3 Å². The van der Waals surface area contributed by atoms with Crippen molar-refractivity contribution in [2.75, 3.05) is 6.54 Å². The standard InChI is InChI=1S/C13H21NOS/c1-9(2)13(15)11(8-14-10(3)4)12-6-5-7-16-12/h5-7,9-11,14H,8H2,1-4H3/t11-/m1/s1. The summed E-state index contributed by atoms with van der Waals surface area (Å²) in [4.78, 5) is 13.3. The van der Waals surface area contributed by atoms with E-state index >= 15 is 0 Å². The fourth-order valence-corrected chi connectivity index (χ4v) is 2.42. The monoisotopic (exact) mass is 239 g/mol. The first-order chi connectivity index (χ1) is 7.52. The largest absolute Gasteiger partial charge is 0.313 e. The van der Waals surface area contributed by atoms with E-state index in [4.69, 9.17) is 0 Å². The van der Waals surface area contributed by atoms with E-state index in [-0.39, 0.29) is 11.8 Å². The molecule has 1 aromatic rings. The normalized spacial score (nSPS) is 13.4. The zero-order valence-electron chi connectivity index (χ0n) is 10.5. The molecule has 1 N–H and O–H groups in total. The van der Waals surface area contributed by atoms with Crippen LogP contribution in [0.3, 0.4) is 0 Å². The quantitative estimate of drug-likeness (QED) is 0.826. The number of Topliss-reactive ketones (excluding diaryl/α,β-unsaturated/α-hetero) is 1. The third-order valence-electron chi connectivity index (χ3n) is 2.53. The number of carbonyl (C=O) groups excluding carboxylic acids is 1. The molecule has 0 fully saturated rings. The van der Waals surface area contributed by atoms with E-state index in [2.05, 4.69) is 25.2 Å². The molecule has 0 saturated heterocycles. The van der Waals surface area contributed by atoms with Crippen LogP contribution in [-0.4, -0.2) is 18.4 Å². The van der Waals surface area contributed by atoms with Crippen LogP contribution in [0.5, 0.6) is 0 Å². The predicted molar refractivity (Wildman–Crippen MR) is 70.0 cm³/mol. The molecular weight excluding hydrogens is 218 g/mol. The summed E-state index contributed by atoms with van der Waals surface area (Å²) in [5, 5.41) is 5.39. The van der Waals surface area contributed by atoms with Gasteiger partial charge in [0.25, 0.3) is 0 Å². The van der Waals surface area contributed by atoms with Crippen molar-refractivity contribution in [3.63, 3.8) is 0 Å². The molecule has 0 unspecified atom stereocenters. The highest BCUT2D eigenvalue weighted by Gasteiger charge is 2.23. The highest BCUT2D eigenvalue weighted by molar-refractivity contribution is 7.10. The maximum atomic E-state index is 12.1. The topological polar surface area (TPSA) is 29.1 Å². The molecule has 90 valence electrons. The van der Waals surface area contributed by atoms with Gasteiger partial charge < -0.3 is 5.32 Å². The molecule has 0 saturated carbocycles. The van der Waals surface area contributed by atoms with Crippen molar-refractivity contribution >= 4 is 17.1 Å². The minimum absolute atomic E-state index is 0.0161. The number of nitrogens with one attached hydrogen (secondary N) is 1. The molecule has 2 nitrogen and oxygen atoms in total. The molecule has 0 aromatic carbocycles. The van der Waals surface area contributed by atoms with Crippen molar-refractivity contribution in [3.8, 4) is 0 Å². The molecule has 0 aliphatic carbocycles. The Bertz CT molecular complexity index is 317. The maximum Gasteiger partial charge on any atom is 0.144 e. The van der Waals surface area contributed by atoms with Crippen LogP contribution in [0.1, 0.15) is 38.5 Å². The van der Waals surface area contributed by atoms with Crippen LogP contribution in [-0.2, 0) is 4.79 Å². The summed E-state index contributed by atoms with van der Waals surface area (Å²) in [6.45, 7) is 8.89. The minimum atomic E-state index is 0.0161. The number of hydrogen-bond acceptors (Lipinski definition) is 3. The summed E-state index contributed by atoms with van der Waals surface area (Å²) in [5.41, 5.74) is 0. The van der Waals surface area contributed by atoms with E-state index in [0.29, 0.717) is 11.8 Å². The molecule has 0 aliphatic rings. The number of thiophene rings is 1. The molecule has 0 radical (unpaired) electrons. The number of hydrogen-bond donors (Lipinski definition) is 1. The molecule has 16 heavy (non-hydrogen) atoms. The van der Waals surface area contributed by atoms with Crippen LogP contribution in [0, 0.1) is 5.92 Å². The lowest BCUT2D eigenvalue weighted by atomic mass is 9.93. The fraction of sp³-hybridized carbons (Fsp3) is 0.615. The van der Waals surface area contributed by atoms with Crippen LogP contribution >= 0.6 is 11.3 Å². The van der Waals surface area contributed by atoms with E-state index in [1.807, 2.05) is 25.3 Å². The minimum Gasteiger partial charge on any atom is -0.313 e. The number of carbonyl (C=O) groups is 1. The Hall–Kier alpha value is -0.670. The van der Waals surface area contributed by atoms with Crippen molar-refractivity contribution in [2.24, 2.45) is 5.92 Å². The second kappa shape index (κ2) is 6.16. The number of rotatable bonds is 6. The first kappa shape index (κ1) is 13.4. The molecule has 0 amide bonds. The molecule has 1 rings (SSSR count). The zero-order chi connectivity index (χ0) is 12.1. The maximum absolute atomic E-state index is 12.1. The van der Waals surface area contributed by atoms with Crippen molar-refractivity contribution in [1.82, 2.24) is 5.32 Å². The summed E-state index contributed by atoms with van der Waals surface area (Å²) in [7, 11) is 0. The predicted octanol–water partition coefficient (Wildman–Crippen LogP) is 3.05. The van der Waals surface area contributed by atoms with Crippen molar-refractivity contribution in [1.29, 1.82) is 0 Å². The van der Waals surface area contributed by atoms with Crippen LogP contribution in [0.2, 0.25) is 0 Å². The van der Waals surface area contributed by atoms with Crippen LogP contribution in [0.15, 0.2) is 17.5 Å². The Kier molecular flexibility index (Phi) is 5.16. The summed E-state index contributed by atoms with van der Waals surface area (Å²) >= 11 is 1.67. The average molecular weight is 239 g/mol. The second-order valence-electron chi connectivity index (χ2n) is 4.69. The zero-order valence-corrected chi connectivity index (χ0v) is 11.3. The molecule has 0 spiro atoms. The van der Waals surface area contributed by atoms with Crippen LogP contribution in [0.25, 0.3) is 0 Å². The van der Waals surface area contributed by atoms with Crippen molar-refractivity contribution in [3.05, 3.63) is 22.4 Å². The highest BCUT2D eigenvalue weighted by Crippen LogP contribution is 2.24.